The predicted molar refractivity (Wildman–Crippen MR) is 82.0 cm³/mol. The number of likely N-dealkylation sites (tertiary alicyclic amines) is 1. The van der Waals surface area contributed by atoms with E-state index < -0.39 is 0 Å². The van der Waals surface area contributed by atoms with Crippen LogP contribution >= 0.6 is 0 Å². The normalized spacial score (nSPS) is 17.5. The molecule has 0 aliphatic carbocycles. The van der Waals surface area contributed by atoms with Crippen molar-refractivity contribution in [1.82, 2.24) is 4.90 Å². The molecule has 1 atom stereocenters. The van der Waals surface area contributed by atoms with E-state index in [1.54, 1.807) is 12.1 Å². The van der Waals surface area contributed by atoms with Gasteiger partial charge in [0, 0.05) is 6.54 Å². The molecule has 1 heterocycles. The van der Waals surface area contributed by atoms with Crippen molar-refractivity contribution in [3.8, 4) is 5.75 Å². The van der Waals surface area contributed by atoms with Gasteiger partial charge in [-0.1, -0.05) is 30.3 Å². The number of carbonyl (C=O) groups is 1. The highest BCUT2D eigenvalue weighted by molar-refractivity contribution is 5.78. The molecule has 0 radical (unpaired) electrons. The Morgan fingerprint density at radius 2 is 1.86 bits per heavy atom. The number of hydrogen-bond donors (Lipinski definition) is 0. The second-order valence-electron chi connectivity index (χ2n) is 5.40. The topological polar surface area (TPSA) is 29.5 Å². The zero-order valence-corrected chi connectivity index (χ0v) is 12.2. The molecule has 1 unspecified atom stereocenters. The quantitative estimate of drug-likeness (QED) is 0.864. The van der Waals surface area contributed by atoms with Crippen molar-refractivity contribution in [2.45, 2.75) is 18.9 Å². The summed E-state index contributed by atoms with van der Waals surface area (Å²) in [6.45, 7) is 0.751. The maximum absolute atomic E-state index is 13.0. The van der Waals surface area contributed by atoms with Gasteiger partial charge in [0.1, 0.15) is 11.6 Å². The van der Waals surface area contributed by atoms with E-state index in [9.17, 15) is 9.18 Å². The fraction of sp³-hybridized carbons (Fsp3) is 0.278. The van der Waals surface area contributed by atoms with Crippen molar-refractivity contribution in [3.63, 3.8) is 0 Å². The molecule has 0 spiro atoms. The van der Waals surface area contributed by atoms with Crippen molar-refractivity contribution in [2.75, 3.05) is 13.2 Å². The van der Waals surface area contributed by atoms with Crippen molar-refractivity contribution in [2.24, 2.45) is 0 Å². The zero-order chi connectivity index (χ0) is 15.4. The van der Waals surface area contributed by atoms with Crippen LogP contribution in [0.2, 0.25) is 0 Å². The number of ether oxygens (including phenoxy) is 1. The second kappa shape index (κ2) is 6.60. The summed E-state index contributed by atoms with van der Waals surface area (Å²) < 4.78 is 18.6. The average Bonchev–Trinajstić information content (AvgIpc) is 3.04. The molecule has 0 bridgehead atoms. The summed E-state index contributed by atoms with van der Waals surface area (Å²) in [6.07, 6.45) is 1.86. The molecule has 114 valence electrons. The van der Waals surface area contributed by atoms with Gasteiger partial charge in [-0.25, -0.2) is 4.39 Å². The molecule has 3 nitrogen and oxygen atoms in total. The van der Waals surface area contributed by atoms with E-state index in [2.05, 4.69) is 0 Å². The van der Waals surface area contributed by atoms with Gasteiger partial charge in [-0.2, -0.15) is 0 Å². The van der Waals surface area contributed by atoms with Gasteiger partial charge in [0.25, 0.3) is 5.91 Å². The first kappa shape index (κ1) is 14.6. The highest BCUT2D eigenvalue weighted by atomic mass is 19.1. The van der Waals surface area contributed by atoms with Gasteiger partial charge in [-0.15, -0.1) is 0 Å². The Labute approximate surface area is 129 Å². The molecule has 3 rings (SSSR count). The molecule has 4 heteroatoms. The molecule has 1 aliphatic rings. The van der Waals surface area contributed by atoms with Gasteiger partial charge in [0.15, 0.2) is 6.61 Å². The monoisotopic (exact) mass is 299 g/mol. The van der Waals surface area contributed by atoms with Crippen molar-refractivity contribution >= 4 is 5.91 Å². The molecule has 22 heavy (non-hydrogen) atoms. The highest BCUT2D eigenvalue weighted by Gasteiger charge is 2.30. The summed E-state index contributed by atoms with van der Waals surface area (Å²) in [5.74, 6) is 0.399. The van der Waals surface area contributed by atoms with E-state index in [0.29, 0.717) is 5.75 Å². The van der Waals surface area contributed by atoms with Crippen molar-refractivity contribution in [1.29, 1.82) is 0 Å². The molecule has 0 N–H and O–H groups in total. The van der Waals surface area contributed by atoms with Gasteiger partial charge in [0.2, 0.25) is 0 Å². The molecule has 2 aromatic carbocycles. The van der Waals surface area contributed by atoms with Crippen molar-refractivity contribution < 1.29 is 13.9 Å². The number of halogens is 1. The van der Waals surface area contributed by atoms with E-state index in [4.69, 9.17) is 4.74 Å². The Bertz CT molecular complexity index is 627. The molecule has 1 fully saturated rings. The lowest BCUT2D eigenvalue weighted by Crippen LogP contribution is -2.34. The number of carbonyl (C=O) groups excluding carboxylic acids is 1. The Balaban J connectivity index is 1.65. The van der Waals surface area contributed by atoms with E-state index >= 15 is 0 Å². The van der Waals surface area contributed by atoms with Gasteiger partial charge in [-0.3, -0.25) is 4.79 Å². The Morgan fingerprint density at radius 3 is 2.59 bits per heavy atom. The number of benzene rings is 2. The van der Waals surface area contributed by atoms with Crippen LogP contribution in [0, 0.1) is 5.82 Å². The Morgan fingerprint density at radius 1 is 1.14 bits per heavy atom. The molecular formula is C18H18FNO2. The maximum atomic E-state index is 13.0. The van der Waals surface area contributed by atoms with E-state index in [-0.39, 0.29) is 24.4 Å². The van der Waals surface area contributed by atoms with Crippen LogP contribution in [-0.2, 0) is 4.79 Å². The fourth-order valence-corrected chi connectivity index (χ4v) is 2.84. The van der Waals surface area contributed by atoms with Crippen LogP contribution in [-0.4, -0.2) is 24.0 Å². The van der Waals surface area contributed by atoms with Gasteiger partial charge < -0.3 is 9.64 Å². The van der Waals surface area contributed by atoms with Crippen LogP contribution in [0.15, 0.2) is 54.6 Å². The number of amides is 1. The lowest BCUT2D eigenvalue weighted by molar-refractivity contribution is -0.134. The minimum Gasteiger partial charge on any atom is -0.484 e. The third kappa shape index (κ3) is 3.27. The van der Waals surface area contributed by atoms with Gasteiger partial charge in [0.05, 0.1) is 6.04 Å². The smallest absolute Gasteiger partial charge is 0.261 e. The molecule has 2 aromatic rings. The molecule has 0 saturated carbocycles. The maximum Gasteiger partial charge on any atom is 0.261 e. The minimum atomic E-state index is -0.257. The van der Waals surface area contributed by atoms with Gasteiger partial charge in [-0.05, 0) is 42.7 Å². The molecule has 1 amide bonds. The van der Waals surface area contributed by atoms with Crippen LogP contribution in [0.1, 0.15) is 24.4 Å². The number of nitrogens with zero attached hydrogens (tertiary/aromatic N) is 1. The second-order valence-corrected chi connectivity index (χ2v) is 5.40. The first-order valence-corrected chi connectivity index (χ1v) is 7.47. The van der Waals surface area contributed by atoms with Crippen molar-refractivity contribution in [3.05, 3.63) is 66.0 Å². The Kier molecular flexibility index (Phi) is 4.37. The third-order valence-corrected chi connectivity index (χ3v) is 3.93. The molecule has 1 aliphatic heterocycles. The molecule has 1 saturated heterocycles. The summed E-state index contributed by atoms with van der Waals surface area (Å²) in [5, 5.41) is 0. The lowest BCUT2D eigenvalue weighted by Gasteiger charge is -2.25. The number of hydrogen-bond acceptors (Lipinski definition) is 2. The SMILES string of the molecule is O=C(COc1ccccc1)N1CCCC1c1ccc(F)cc1. The van der Waals surface area contributed by atoms with Gasteiger partial charge >= 0.3 is 0 Å². The van der Waals surface area contributed by atoms with E-state index in [1.165, 1.54) is 12.1 Å². The predicted octanol–water partition coefficient (Wildman–Crippen LogP) is 3.57. The fourth-order valence-electron chi connectivity index (χ4n) is 2.84. The largest absolute Gasteiger partial charge is 0.484 e. The number of para-hydroxylation sites is 1. The summed E-state index contributed by atoms with van der Waals surface area (Å²) in [6, 6.07) is 15.7. The number of rotatable bonds is 4. The molecular weight excluding hydrogens is 281 g/mol. The first-order chi connectivity index (χ1) is 10.7. The summed E-state index contributed by atoms with van der Waals surface area (Å²) in [7, 11) is 0. The first-order valence-electron chi connectivity index (χ1n) is 7.47. The lowest BCUT2D eigenvalue weighted by atomic mass is 10.0. The van der Waals surface area contributed by atoms with E-state index in [0.717, 1.165) is 24.9 Å². The third-order valence-electron chi connectivity index (χ3n) is 3.93. The van der Waals surface area contributed by atoms with Crippen LogP contribution in [0.25, 0.3) is 0 Å². The minimum absolute atomic E-state index is 0.0208. The Hall–Kier alpha value is -2.36. The highest BCUT2D eigenvalue weighted by Crippen LogP contribution is 2.32. The van der Waals surface area contributed by atoms with Crippen LogP contribution in [0.3, 0.4) is 0 Å². The summed E-state index contributed by atoms with van der Waals surface area (Å²) in [4.78, 5) is 14.2. The molecule has 0 aromatic heterocycles. The summed E-state index contributed by atoms with van der Waals surface area (Å²) >= 11 is 0. The van der Waals surface area contributed by atoms with E-state index in [1.807, 2.05) is 35.2 Å². The average molecular weight is 299 g/mol. The van der Waals surface area contributed by atoms with Crippen LogP contribution < -0.4 is 4.74 Å². The standard InChI is InChI=1S/C18H18FNO2/c19-15-10-8-14(9-11-15)17-7-4-12-20(17)18(21)13-22-16-5-2-1-3-6-16/h1-3,5-6,8-11,17H,4,7,12-13H2. The van der Waals surface area contributed by atoms with Crippen LogP contribution in [0.4, 0.5) is 4.39 Å². The zero-order valence-electron chi connectivity index (χ0n) is 12.2. The van der Waals surface area contributed by atoms with Crippen LogP contribution in [0.5, 0.6) is 5.75 Å². The summed E-state index contributed by atoms with van der Waals surface area (Å²) in [5.41, 5.74) is 0.979.